The fourth-order valence-electron chi connectivity index (χ4n) is 2.99. The van der Waals surface area contributed by atoms with Gasteiger partial charge in [0.2, 0.25) is 11.9 Å². The molecule has 0 spiro atoms. The van der Waals surface area contributed by atoms with E-state index < -0.39 is 0 Å². The average Bonchev–Trinajstić information content (AvgIpc) is 3.00. The van der Waals surface area contributed by atoms with Gasteiger partial charge in [0, 0.05) is 0 Å². The van der Waals surface area contributed by atoms with Crippen LogP contribution >= 0.6 is 0 Å². The molecule has 1 aliphatic rings. The first-order chi connectivity index (χ1) is 12.3. The van der Waals surface area contributed by atoms with Crippen LogP contribution in [0.15, 0.2) is 75.5 Å². The van der Waals surface area contributed by atoms with Crippen molar-refractivity contribution in [1.29, 1.82) is 0 Å². The molecule has 2 heterocycles. The number of nitrogens with zero attached hydrogens (tertiary/aromatic N) is 5. The topological polar surface area (TPSA) is 92.9 Å². The van der Waals surface area contributed by atoms with Crippen molar-refractivity contribution in [2.45, 2.75) is 13.1 Å². The van der Waals surface area contributed by atoms with Gasteiger partial charge in [-0.05, 0) is 30.2 Å². The van der Waals surface area contributed by atoms with Gasteiger partial charge in [-0.1, -0.05) is 58.9 Å². The van der Waals surface area contributed by atoms with Crippen molar-refractivity contribution >= 4 is 29.0 Å². The summed E-state index contributed by atoms with van der Waals surface area (Å²) in [6.45, 7) is 2.06. The maximum absolute atomic E-state index is 5.20. The number of aliphatic imine (C=N–C) groups is 1. The number of hydrogen-bond donors (Lipinski definition) is 2. The van der Waals surface area contributed by atoms with Crippen LogP contribution in [-0.4, -0.2) is 15.5 Å². The Morgan fingerprint density at radius 3 is 2.72 bits per heavy atom. The third-order valence-corrected chi connectivity index (χ3v) is 4.08. The molecule has 1 aromatic heterocycles. The Bertz CT molecular complexity index is 999. The Hall–Kier alpha value is -3.48. The molecule has 0 amide bonds. The van der Waals surface area contributed by atoms with E-state index in [2.05, 4.69) is 55.3 Å². The van der Waals surface area contributed by atoms with E-state index in [9.17, 15) is 0 Å². The smallest absolute Gasteiger partial charge is 0.249 e. The minimum atomic E-state index is -0.180. The first kappa shape index (κ1) is 15.1. The van der Waals surface area contributed by atoms with Crippen molar-refractivity contribution in [2.75, 3.05) is 0 Å². The van der Waals surface area contributed by atoms with Crippen molar-refractivity contribution in [3.63, 3.8) is 0 Å². The molecular weight excluding hydrogens is 314 g/mol. The summed E-state index contributed by atoms with van der Waals surface area (Å²) in [5, 5.41) is 10.5. The van der Waals surface area contributed by atoms with Crippen molar-refractivity contribution in [1.82, 2.24) is 14.9 Å². The SMILES string of the molecule is C/C(=C\c1ccccc1)C1NC(N=NN)=Nc2nc3ccccc3n21. The summed E-state index contributed by atoms with van der Waals surface area (Å²) in [4.78, 5) is 8.99. The van der Waals surface area contributed by atoms with Crippen LogP contribution in [0.4, 0.5) is 5.95 Å². The van der Waals surface area contributed by atoms with Crippen molar-refractivity contribution in [2.24, 2.45) is 21.2 Å². The molecule has 0 fully saturated rings. The minimum absolute atomic E-state index is 0.180. The summed E-state index contributed by atoms with van der Waals surface area (Å²) in [5.41, 5.74) is 4.10. The number of hydrogen-bond acceptors (Lipinski definition) is 5. The average molecular weight is 331 g/mol. The quantitative estimate of drug-likeness (QED) is 0.427. The van der Waals surface area contributed by atoms with Gasteiger partial charge >= 0.3 is 0 Å². The molecule has 1 atom stereocenters. The van der Waals surface area contributed by atoms with E-state index in [1.165, 1.54) is 0 Å². The van der Waals surface area contributed by atoms with E-state index >= 15 is 0 Å². The second-order valence-electron chi connectivity index (χ2n) is 5.77. The molecule has 0 bridgehead atoms. The highest BCUT2D eigenvalue weighted by Gasteiger charge is 2.26. The molecule has 0 aliphatic carbocycles. The highest BCUT2D eigenvalue weighted by atomic mass is 15.4. The highest BCUT2D eigenvalue weighted by Crippen LogP contribution is 2.32. The van der Waals surface area contributed by atoms with Gasteiger partial charge in [-0.15, -0.1) is 0 Å². The Kier molecular flexibility index (Phi) is 3.74. The molecule has 3 aromatic rings. The molecule has 2 aromatic carbocycles. The maximum Gasteiger partial charge on any atom is 0.249 e. The zero-order chi connectivity index (χ0) is 17.2. The van der Waals surface area contributed by atoms with Crippen molar-refractivity contribution in [3.05, 3.63) is 65.7 Å². The number of nitrogens with one attached hydrogen (secondary N) is 1. The first-order valence-electron chi connectivity index (χ1n) is 7.92. The summed E-state index contributed by atoms with van der Waals surface area (Å²) >= 11 is 0. The number of para-hydroxylation sites is 2. The summed E-state index contributed by atoms with van der Waals surface area (Å²) in [7, 11) is 0. The third kappa shape index (κ3) is 2.76. The normalized spacial score (nSPS) is 17.4. The monoisotopic (exact) mass is 331 g/mol. The van der Waals surface area contributed by atoms with E-state index in [1.807, 2.05) is 42.5 Å². The molecule has 7 nitrogen and oxygen atoms in total. The van der Waals surface area contributed by atoms with Gasteiger partial charge < -0.3 is 11.2 Å². The summed E-state index contributed by atoms with van der Waals surface area (Å²) < 4.78 is 2.06. The van der Waals surface area contributed by atoms with Gasteiger partial charge in [0.25, 0.3) is 0 Å². The zero-order valence-corrected chi connectivity index (χ0v) is 13.7. The number of guanidine groups is 1. The van der Waals surface area contributed by atoms with Crippen LogP contribution in [0.3, 0.4) is 0 Å². The number of benzene rings is 2. The first-order valence-corrected chi connectivity index (χ1v) is 7.92. The number of imidazole rings is 1. The number of nitrogens with two attached hydrogens (primary N) is 1. The number of rotatable bonds is 2. The molecule has 4 rings (SSSR count). The summed E-state index contributed by atoms with van der Waals surface area (Å²) in [6, 6.07) is 18.1. The van der Waals surface area contributed by atoms with Gasteiger partial charge in [0.1, 0.15) is 6.17 Å². The molecular formula is C18H17N7. The minimum Gasteiger partial charge on any atom is -0.328 e. The standard InChI is InChI=1S/C18H17N7/c1-12(11-13-7-3-2-4-8-13)16-21-17(23-24-19)22-18-20-14-9-5-6-10-15(14)25(16)18/h2-11,16H,1H3,(H3,19,20,21,22,23)/b12-11+. The van der Waals surface area contributed by atoms with E-state index in [1.54, 1.807) is 0 Å². The highest BCUT2D eigenvalue weighted by molar-refractivity contribution is 5.87. The van der Waals surface area contributed by atoms with Gasteiger partial charge in [0.05, 0.1) is 11.0 Å². The van der Waals surface area contributed by atoms with Crippen molar-refractivity contribution < 1.29 is 0 Å². The summed E-state index contributed by atoms with van der Waals surface area (Å²) in [5.74, 6) is 6.12. The fraction of sp³-hybridized carbons (Fsp3) is 0.111. The lowest BCUT2D eigenvalue weighted by molar-refractivity contribution is 0.541. The van der Waals surface area contributed by atoms with Crippen LogP contribution in [0, 0.1) is 0 Å². The summed E-state index contributed by atoms with van der Waals surface area (Å²) in [6.07, 6.45) is 1.94. The van der Waals surface area contributed by atoms with E-state index in [0.717, 1.165) is 22.2 Å². The van der Waals surface area contributed by atoms with Gasteiger partial charge in [-0.2, -0.15) is 4.99 Å². The van der Waals surface area contributed by atoms with Crippen LogP contribution in [0.2, 0.25) is 0 Å². The molecule has 7 heteroatoms. The molecule has 25 heavy (non-hydrogen) atoms. The fourth-order valence-corrected chi connectivity index (χ4v) is 2.99. The van der Waals surface area contributed by atoms with E-state index in [4.69, 9.17) is 5.84 Å². The van der Waals surface area contributed by atoms with Crippen LogP contribution in [0.25, 0.3) is 17.1 Å². The van der Waals surface area contributed by atoms with E-state index in [-0.39, 0.29) is 6.17 Å². The molecule has 3 N–H and O–H groups in total. The Balaban J connectivity index is 1.86. The number of fused-ring (bicyclic) bond motifs is 3. The van der Waals surface area contributed by atoms with Crippen molar-refractivity contribution in [3.8, 4) is 0 Å². The Morgan fingerprint density at radius 2 is 1.92 bits per heavy atom. The molecule has 0 radical (unpaired) electrons. The Morgan fingerprint density at radius 1 is 1.16 bits per heavy atom. The lowest BCUT2D eigenvalue weighted by atomic mass is 10.1. The third-order valence-electron chi connectivity index (χ3n) is 4.08. The van der Waals surface area contributed by atoms with Gasteiger partial charge in [-0.25, -0.2) is 4.98 Å². The Labute approximate surface area is 144 Å². The number of aromatic nitrogens is 2. The largest absolute Gasteiger partial charge is 0.328 e. The van der Waals surface area contributed by atoms with Crippen LogP contribution in [0.5, 0.6) is 0 Å². The maximum atomic E-state index is 5.20. The predicted octanol–water partition coefficient (Wildman–Crippen LogP) is 3.56. The molecule has 0 saturated carbocycles. The van der Waals surface area contributed by atoms with Crippen LogP contribution in [-0.2, 0) is 0 Å². The van der Waals surface area contributed by atoms with E-state index in [0.29, 0.717) is 11.9 Å². The van der Waals surface area contributed by atoms with Gasteiger partial charge in [-0.3, -0.25) is 4.57 Å². The van der Waals surface area contributed by atoms with Gasteiger partial charge in [0.15, 0.2) is 0 Å². The molecule has 1 unspecified atom stereocenters. The van der Waals surface area contributed by atoms with Crippen LogP contribution in [0.1, 0.15) is 18.7 Å². The molecule has 1 aliphatic heterocycles. The molecule has 124 valence electrons. The molecule has 0 saturated heterocycles. The van der Waals surface area contributed by atoms with Crippen LogP contribution < -0.4 is 11.2 Å². The predicted molar refractivity (Wildman–Crippen MR) is 98.1 cm³/mol. The lowest BCUT2D eigenvalue weighted by Gasteiger charge is -2.26. The second-order valence-corrected chi connectivity index (χ2v) is 5.77. The second kappa shape index (κ2) is 6.20. The zero-order valence-electron chi connectivity index (χ0n) is 13.7. The lowest BCUT2D eigenvalue weighted by Crippen LogP contribution is -2.35.